The van der Waals surface area contributed by atoms with Gasteiger partial charge in [-0.15, -0.1) is 0 Å². The Morgan fingerprint density at radius 2 is 1.95 bits per heavy atom. The normalized spacial score (nSPS) is 19.1. The summed E-state index contributed by atoms with van der Waals surface area (Å²) < 4.78 is 0. The molecule has 0 N–H and O–H groups in total. The molecule has 2 heterocycles. The molecule has 0 spiro atoms. The van der Waals surface area contributed by atoms with Gasteiger partial charge < -0.3 is 4.90 Å². The molecule has 0 unspecified atom stereocenters. The molecular weight excluding hydrogens is 270 g/mol. The van der Waals surface area contributed by atoms with Crippen LogP contribution in [0.5, 0.6) is 0 Å². The van der Waals surface area contributed by atoms with Crippen LogP contribution in [0.15, 0.2) is 48.7 Å². The molecule has 0 aliphatic carbocycles. The first-order chi connectivity index (χ1) is 10.8. The number of anilines is 2. The minimum Gasteiger partial charge on any atom is -0.329 e. The maximum Gasteiger partial charge on any atom is 0.137 e. The van der Waals surface area contributed by atoms with Gasteiger partial charge in [0.2, 0.25) is 0 Å². The van der Waals surface area contributed by atoms with Crippen LogP contribution in [-0.4, -0.2) is 30.0 Å². The van der Waals surface area contributed by atoms with Crippen LogP contribution in [0.25, 0.3) is 0 Å². The second-order valence-corrected chi connectivity index (χ2v) is 5.95. The summed E-state index contributed by atoms with van der Waals surface area (Å²) in [5.74, 6) is 1.08. The van der Waals surface area contributed by atoms with Crippen LogP contribution in [0, 0.1) is 0 Å². The highest BCUT2D eigenvalue weighted by Gasteiger charge is 2.26. The molecule has 1 aliphatic heterocycles. The van der Waals surface area contributed by atoms with Crippen LogP contribution in [0.3, 0.4) is 0 Å². The van der Waals surface area contributed by atoms with E-state index >= 15 is 0 Å². The van der Waals surface area contributed by atoms with Crippen LogP contribution in [0.2, 0.25) is 0 Å². The van der Waals surface area contributed by atoms with Gasteiger partial charge in [0.25, 0.3) is 0 Å². The molecule has 1 fully saturated rings. The van der Waals surface area contributed by atoms with Crippen molar-refractivity contribution < 1.29 is 0 Å². The molecule has 3 heteroatoms. The highest BCUT2D eigenvalue weighted by Crippen LogP contribution is 2.36. The molecular formula is C19H25N3. The summed E-state index contributed by atoms with van der Waals surface area (Å²) in [7, 11) is 2.11. The summed E-state index contributed by atoms with van der Waals surface area (Å²) in [5.41, 5.74) is 2.54. The van der Waals surface area contributed by atoms with Gasteiger partial charge in [-0.1, -0.05) is 37.6 Å². The number of rotatable bonds is 4. The SMILES string of the molecule is CCN1CCCC[C@@H]1c1cccnc1N(C)c1ccccc1. The number of benzene rings is 1. The van der Waals surface area contributed by atoms with Crippen LogP contribution in [-0.2, 0) is 0 Å². The molecule has 0 saturated carbocycles. The fraction of sp³-hybridized carbons (Fsp3) is 0.421. The van der Waals surface area contributed by atoms with Gasteiger partial charge in [0.1, 0.15) is 5.82 Å². The summed E-state index contributed by atoms with van der Waals surface area (Å²) >= 11 is 0. The maximum absolute atomic E-state index is 4.70. The van der Waals surface area contributed by atoms with Crippen molar-refractivity contribution in [1.82, 2.24) is 9.88 Å². The third-order valence-corrected chi connectivity index (χ3v) is 4.66. The lowest BCUT2D eigenvalue weighted by Crippen LogP contribution is -2.34. The van der Waals surface area contributed by atoms with E-state index in [9.17, 15) is 0 Å². The topological polar surface area (TPSA) is 19.4 Å². The van der Waals surface area contributed by atoms with Crippen molar-refractivity contribution in [2.45, 2.75) is 32.2 Å². The highest BCUT2D eigenvalue weighted by atomic mass is 15.2. The van der Waals surface area contributed by atoms with Crippen molar-refractivity contribution in [2.24, 2.45) is 0 Å². The van der Waals surface area contributed by atoms with E-state index in [0.717, 1.165) is 12.4 Å². The zero-order valence-corrected chi connectivity index (χ0v) is 13.6. The summed E-state index contributed by atoms with van der Waals surface area (Å²) in [4.78, 5) is 9.49. The van der Waals surface area contributed by atoms with Crippen molar-refractivity contribution in [1.29, 1.82) is 0 Å². The van der Waals surface area contributed by atoms with Gasteiger partial charge in [-0.25, -0.2) is 4.98 Å². The minimum absolute atomic E-state index is 0.494. The molecule has 1 atom stereocenters. The van der Waals surface area contributed by atoms with Crippen molar-refractivity contribution in [3.63, 3.8) is 0 Å². The monoisotopic (exact) mass is 295 g/mol. The fourth-order valence-corrected chi connectivity index (χ4v) is 3.45. The Balaban J connectivity index is 1.96. The van der Waals surface area contributed by atoms with Gasteiger partial charge >= 0.3 is 0 Å². The first-order valence-electron chi connectivity index (χ1n) is 8.29. The van der Waals surface area contributed by atoms with E-state index in [4.69, 9.17) is 4.98 Å². The molecule has 1 aliphatic rings. The Hall–Kier alpha value is -1.87. The average Bonchev–Trinajstić information content (AvgIpc) is 2.62. The molecule has 1 aromatic carbocycles. The number of nitrogens with zero attached hydrogens (tertiary/aromatic N) is 3. The zero-order chi connectivity index (χ0) is 15.4. The average molecular weight is 295 g/mol. The number of likely N-dealkylation sites (tertiary alicyclic amines) is 1. The van der Waals surface area contributed by atoms with Crippen molar-refractivity contribution in [3.8, 4) is 0 Å². The van der Waals surface area contributed by atoms with E-state index in [0.29, 0.717) is 6.04 Å². The molecule has 22 heavy (non-hydrogen) atoms. The maximum atomic E-state index is 4.70. The molecule has 0 bridgehead atoms. The number of pyridine rings is 1. The standard InChI is InChI=1S/C19H25N3/c1-3-22-15-8-7-13-18(22)17-12-9-14-20-19(17)21(2)16-10-5-4-6-11-16/h4-6,9-12,14,18H,3,7-8,13,15H2,1-2H3/t18-/m1/s1. The Labute approximate surface area is 133 Å². The third kappa shape index (κ3) is 3.00. The molecule has 0 amide bonds. The van der Waals surface area contributed by atoms with Crippen LogP contribution in [0.1, 0.15) is 37.8 Å². The molecule has 0 radical (unpaired) electrons. The Morgan fingerprint density at radius 1 is 1.14 bits per heavy atom. The Morgan fingerprint density at radius 3 is 2.73 bits per heavy atom. The summed E-state index contributed by atoms with van der Waals surface area (Å²) in [5, 5.41) is 0. The van der Waals surface area contributed by atoms with Crippen LogP contribution < -0.4 is 4.90 Å². The quantitative estimate of drug-likeness (QED) is 0.833. The van der Waals surface area contributed by atoms with Gasteiger partial charge in [-0.05, 0) is 44.1 Å². The molecule has 1 saturated heterocycles. The van der Waals surface area contributed by atoms with E-state index in [1.54, 1.807) is 0 Å². The Bertz CT molecular complexity index is 597. The first-order valence-corrected chi connectivity index (χ1v) is 8.29. The first kappa shape index (κ1) is 15.0. The van der Waals surface area contributed by atoms with Gasteiger partial charge in [-0.2, -0.15) is 0 Å². The summed E-state index contributed by atoms with van der Waals surface area (Å²) in [6.07, 6.45) is 5.76. The second kappa shape index (κ2) is 6.93. The Kier molecular flexibility index (Phi) is 4.74. The van der Waals surface area contributed by atoms with Gasteiger partial charge in [0, 0.05) is 30.5 Å². The molecule has 3 rings (SSSR count). The molecule has 3 nitrogen and oxygen atoms in total. The van der Waals surface area contributed by atoms with Crippen molar-refractivity contribution in [3.05, 3.63) is 54.2 Å². The number of para-hydroxylation sites is 1. The van der Waals surface area contributed by atoms with Crippen molar-refractivity contribution in [2.75, 3.05) is 25.0 Å². The van der Waals surface area contributed by atoms with Crippen LogP contribution in [0.4, 0.5) is 11.5 Å². The predicted octanol–water partition coefficient (Wildman–Crippen LogP) is 4.40. The molecule has 1 aromatic heterocycles. The van der Waals surface area contributed by atoms with Gasteiger partial charge in [0.15, 0.2) is 0 Å². The van der Waals surface area contributed by atoms with E-state index in [2.05, 4.69) is 66.2 Å². The lowest BCUT2D eigenvalue weighted by atomic mass is 9.95. The highest BCUT2D eigenvalue weighted by molar-refractivity contribution is 5.62. The van der Waals surface area contributed by atoms with Crippen molar-refractivity contribution >= 4 is 11.5 Å². The smallest absolute Gasteiger partial charge is 0.137 e. The lowest BCUT2D eigenvalue weighted by Gasteiger charge is -2.36. The largest absolute Gasteiger partial charge is 0.329 e. The van der Waals surface area contributed by atoms with Crippen LogP contribution >= 0.6 is 0 Å². The second-order valence-electron chi connectivity index (χ2n) is 5.95. The van der Waals surface area contributed by atoms with E-state index in [1.165, 1.54) is 37.1 Å². The summed E-state index contributed by atoms with van der Waals surface area (Å²) in [6.45, 7) is 4.56. The molecule has 2 aromatic rings. The zero-order valence-electron chi connectivity index (χ0n) is 13.6. The van der Waals surface area contributed by atoms with E-state index in [1.807, 2.05) is 6.20 Å². The van der Waals surface area contributed by atoms with E-state index in [-0.39, 0.29) is 0 Å². The minimum atomic E-state index is 0.494. The number of aromatic nitrogens is 1. The van der Waals surface area contributed by atoms with Gasteiger partial charge in [0.05, 0.1) is 0 Å². The fourth-order valence-electron chi connectivity index (χ4n) is 3.45. The summed E-state index contributed by atoms with van der Waals surface area (Å²) in [6, 6.07) is 15.3. The molecule has 116 valence electrons. The number of hydrogen-bond acceptors (Lipinski definition) is 3. The number of piperidine rings is 1. The number of hydrogen-bond donors (Lipinski definition) is 0. The third-order valence-electron chi connectivity index (χ3n) is 4.66. The lowest BCUT2D eigenvalue weighted by molar-refractivity contribution is 0.157. The van der Waals surface area contributed by atoms with E-state index < -0.39 is 0 Å². The van der Waals surface area contributed by atoms with Gasteiger partial charge in [-0.3, -0.25) is 4.90 Å². The predicted molar refractivity (Wildman–Crippen MR) is 92.6 cm³/mol.